The molecule has 1 aromatic heterocycles. The number of fused-ring (bicyclic) bond motifs is 1. The van der Waals surface area contributed by atoms with Crippen molar-refractivity contribution in [3.63, 3.8) is 0 Å². The van der Waals surface area contributed by atoms with Gasteiger partial charge in [-0.05, 0) is 12.0 Å². The number of hydrazone groups is 1. The normalized spacial score (nSPS) is 11.2. The minimum Gasteiger partial charge on any atom is -0.360 e. The van der Waals surface area contributed by atoms with Crippen LogP contribution in [0, 0.1) is 0 Å². The highest BCUT2D eigenvalue weighted by atomic mass is 16.2. The molecule has 0 unspecified atom stereocenters. The van der Waals surface area contributed by atoms with Crippen LogP contribution in [0.2, 0.25) is 0 Å². The number of H-pyrrole nitrogens is 1. The Morgan fingerprint density at radius 2 is 2.35 bits per heavy atom. The molecule has 2 rings (SSSR count). The topological polar surface area (TPSA) is 57.2 Å². The molecule has 4 heteroatoms. The first-order valence-corrected chi connectivity index (χ1v) is 5.61. The van der Waals surface area contributed by atoms with E-state index >= 15 is 0 Å². The summed E-state index contributed by atoms with van der Waals surface area (Å²) in [6.45, 7) is 3.56. The van der Waals surface area contributed by atoms with Crippen LogP contribution in [0.3, 0.4) is 0 Å². The second-order valence-electron chi connectivity index (χ2n) is 3.86. The van der Waals surface area contributed by atoms with Crippen LogP contribution in [-0.4, -0.2) is 17.1 Å². The Kier molecular flexibility index (Phi) is 3.23. The number of hydrogen-bond donors (Lipinski definition) is 2. The Balaban J connectivity index is 2.36. The van der Waals surface area contributed by atoms with Crippen molar-refractivity contribution >= 4 is 23.0 Å². The Labute approximate surface area is 99.7 Å². The molecule has 88 valence electrons. The molecular formula is C13H15N3O. The number of rotatable bonds is 3. The van der Waals surface area contributed by atoms with Gasteiger partial charge in [-0.1, -0.05) is 25.1 Å². The Hall–Kier alpha value is -2.10. The Morgan fingerprint density at radius 3 is 3.06 bits per heavy atom. The zero-order valence-electron chi connectivity index (χ0n) is 9.95. The Morgan fingerprint density at radius 1 is 1.53 bits per heavy atom. The molecule has 0 bridgehead atoms. The predicted molar refractivity (Wildman–Crippen MR) is 69.1 cm³/mol. The highest BCUT2D eigenvalue weighted by Gasteiger charge is 2.04. The van der Waals surface area contributed by atoms with Gasteiger partial charge in [0.1, 0.15) is 0 Å². The molecule has 0 saturated carbocycles. The number of benzene rings is 1. The van der Waals surface area contributed by atoms with Gasteiger partial charge < -0.3 is 4.98 Å². The number of carbonyl (C=O) groups excluding carboxylic acids is 1. The quantitative estimate of drug-likeness (QED) is 0.615. The van der Waals surface area contributed by atoms with E-state index in [0.29, 0.717) is 0 Å². The van der Waals surface area contributed by atoms with Gasteiger partial charge in [0.05, 0.1) is 6.21 Å². The number of nitrogens with one attached hydrogen (secondary N) is 2. The fraction of sp³-hybridized carbons (Fsp3) is 0.231. The lowest BCUT2D eigenvalue weighted by molar-refractivity contribution is -0.118. The van der Waals surface area contributed by atoms with Gasteiger partial charge in [-0.3, -0.25) is 4.79 Å². The van der Waals surface area contributed by atoms with Crippen LogP contribution < -0.4 is 5.43 Å². The van der Waals surface area contributed by atoms with Gasteiger partial charge in [0.15, 0.2) is 0 Å². The van der Waals surface area contributed by atoms with E-state index in [1.807, 2.05) is 18.3 Å². The summed E-state index contributed by atoms with van der Waals surface area (Å²) in [5.41, 5.74) is 5.79. The molecule has 0 saturated heterocycles. The van der Waals surface area contributed by atoms with E-state index < -0.39 is 0 Å². The van der Waals surface area contributed by atoms with Crippen molar-refractivity contribution in [3.05, 3.63) is 35.5 Å². The second kappa shape index (κ2) is 4.82. The summed E-state index contributed by atoms with van der Waals surface area (Å²) in [6.07, 6.45) is 4.54. The minimum absolute atomic E-state index is 0.171. The summed E-state index contributed by atoms with van der Waals surface area (Å²) in [5, 5.41) is 5.00. The van der Waals surface area contributed by atoms with Gasteiger partial charge in [-0.15, -0.1) is 0 Å². The summed E-state index contributed by atoms with van der Waals surface area (Å²) in [7, 11) is 0. The van der Waals surface area contributed by atoms with Crippen molar-refractivity contribution in [2.24, 2.45) is 5.10 Å². The van der Waals surface area contributed by atoms with Crippen LogP contribution in [0.4, 0.5) is 0 Å². The zero-order valence-corrected chi connectivity index (χ0v) is 9.95. The molecule has 1 heterocycles. The SMILES string of the molecule is CCc1cccc2c(/C=N/NC(C)=O)c[nH]c12. The number of para-hydroxylation sites is 1. The summed E-state index contributed by atoms with van der Waals surface area (Å²) < 4.78 is 0. The van der Waals surface area contributed by atoms with Crippen LogP contribution in [0.1, 0.15) is 25.0 Å². The number of aryl methyl sites for hydroxylation is 1. The lowest BCUT2D eigenvalue weighted by Crippen LogP contribution is -2.12. The highest BCUT2D eigenvalue weighted by Crippen LogP contribution is 2.20. The summed E-state index contributed by atoms with van der Waals surface area (Å²) in [4.78, 5) is 13.9. The van der Waals surface area contributed by atoms with Gasteiger partial charge in [-0.2, -0.15) is 5.10 Å². The summed E-state index contributed by atoms with van der Waals surface area (Å²) >= 11 is 0. The molecule has 0 fully saturated rings. The van der Waals surface area contributed by atoms with Gasteiger partial charge in [0.2, 0.25) is 5.91 Å². The van der Waals surface area contributed by atoms with Crippen LogP contribution in [0.5, 0.6) is 0 Å². The van der Waals surface area contributed by atoms with Crippen LogP contribution in [0.25, 0.3) is 10.9 Å². The number of carbonyl (C=O) groups is 1. The third kappa shape index (κ3) is 2.36. The third-order valence-electron chi connectivity index (χ3n) is 2.64. The van der Waals surface area contributed by atoms with Crippen molar-refractivity contribution in [2.75, 3.05) is 0 Å². The van der Waals surface area contributed by atoms with E-state index in [1.165, 1.54) is 12.5 Å². The second-order valence-corrected chi connectivity index (χ2v) is 3.86. The van der Waals surface area contributed by atoms with E-state index in [1.54, 1.807) is 6.21 Å². The maximum Gasteiger partial charge on any atom is 0.236 e. The molecule has 2 N–H and O–H groups in total. The first-order chi connectivity index (χ1) is 8.22. The molecule has 1 aromatic carbocycles. The van der Waals surface area contributed by atoms with E-state index in [0.717, 1.165) is 22.9 Å². The summed E-state index contributed by atoms with van der Waals surface area (Å²) in [6, 6.07) is 6.18. The molecule has 0 atom stereocenters. The van der Waals surface area contributed by atoms with E-state index in [4.69, 9.17) is 0 Å². The molecule has 0 aliphatic rings. The first-order valence-electron chi connectivity index (χ1n) is 5.61. The van der Waals surface area contributed by atoms with E-state index in [2.05, 4.69) is 28.5 Å². The van der Waals surface area contributed by atoms with Gasteiger partial charge in [-0.25, -0.2) is 5.43 Å². The molecule has 0 aliphatic heterocycles. The van der Waals surface area contributed by atoms with E-state index in [9.17, 15) is 4.79 Å². The average molecular weight is 229 g/mol. The largest absolute Gasteiger partial charge is 0.360 e. The van der Waals surface area contributed by atoms with Crippen molar-refractivity contribution in [1.29, 1.82) is 0 Å². The maximum absolute atomic E-state index is 10.7. The molecule has 2 aromatic rings. The predicted octanol–water partition coefficient (Wildman–Crippen LogP) is 2.20. The van der Waals surface area contributed by atoms with Crippen molar-refractivity contribution in [1.82, 2.24) is 10.4 Å². The van der Waals surface area contributed by atoms with Crippen LogP contribution in [-0.2, 0) is 11.2 Å². The van der Waals surface area contributed by atoms with Crippen LogP contribution >= 0.6 is 0 Å². The Bertz CT molecular complexity index is 569. The van der Waals surface area contributed by atoms with E-state index in [-0.39, 0.29) is 5.91 Å². The minimum atomic E-state index is -0.171. The first kappa shape index (κ1) is 11.4. The summed E-state index contributed by atoms with van der Waals surface area (Å²) in [5.74, 6) is -0.171. The number of aromatic nitrogens is 1. The van der Waals surface area contributed by atoms with Gasteiger partial charge >= 0.3 is 0 Å². The molecule has 4 nitrogen and oxygen atoms in total. The maximum atomic E-state index is 10.7. The van der Waals surface area contributed by atoms with Gasteiger partial charge in [0.25, 0.3) is 0 Å². The smallest absolute Gasteiger partial charge is 0.236 e. The standard InChI is InChI=1S/C13H15N3O/c1-3-10-5-4-6-12-11(7-14-13(10)12)8-15-16-9(2)17/h4-8,14H,3H2,1-2H3,(H,16,17)/b15-8+. The van der Waals surface area contributed by atoms with Gasteiger partial charge in [0, 0.05) is 29.6 Å². The number of hydrogen-bond acceptors (Lipinski definition) is 2. The zero-order chi connectivity index (χ0) is 12.3. The fourth-order valence-corrected chi connectivity index (χ4v) is 1.83. The molecule has 0 spiro atoms. The lowest BCUT2D eigenvalue weighted by Gasteiger charge is -1.98. The lowest BCUT2D eigenvalue weighted by atomic mass is 10.1. The highest BCUT2D eigenvalue weighted by molar-refractivity contribution is 6.00. The molecule has 17 heavy (non-hydrogen) atoms. The number of aromatic amines is 1. The molecular weight excluding hydrogens is 214 g/mol. The van der Waals surface area contributed by atoms with Crippen molar-refractivity contribution in [3.8, 4) is 0 Å². The number of nitrogens with zero attached hydrogens (tertiary/aromatic N) is 1. The monoisotopic (exact) mass is 229 g/mol. The van der Waals surface area contributed by atoms with Crippen molar-refractivity contribution < 1.29 is 4.79 Å². The molecule has 0 aliphatic carbocycles. The third-order valence-corrected chi connectivity index (χ3v) is 2.64. The fourth-order valence-electron chi connectivity index (χ4n) is 1.83. The molecule has 1 amide bonds. The average Bonchev–Trinajstić information content (AvgIpc) is 2.72. The number of amides is 1. The van der Waals surface area contributed by atoms with Crippen molar-refractivity contribution in [2.45, 2.75) is 20.3 Å². The van der Waals surface area contributed by atoms with Crippen LogP contribution in [0.15, 0.2) is 29.5 Å². The molecule has 0 radical (unpaired) electrons.